The van der Waals surface area contributed by atoms with Crippen LogP contribution in [0.2, 0.25) is 0 Å². The summed E-state index contributed by atoms with van der Waals surface area (Å²) in [5.41, 5.74) is 6.56. The molecule has 32 nitrogen and oxygen atoms in total. The molecule has 0 saturated carbocycles. The Labute approximate surface area is 883 Å². The van der Waals surface area contributed by atoms with E-state index in [4.69, 9.17) is 71.1 Å². The molecule has 6 aromatic carbocycles. The van der Waals surface area contributed by atoms with Gasteiger partial charge in [0.2, 0.25) is 13.6 Å². The fraction of sp³-hybridized carbons (Fsp3) is 0.609. The Bertz CT molecular complexity index is 6110. The normalized spacial score (nSPS) is 24.2. The van der Waals surface area contributed by atoms with Gasteiger partial charge in [-0.15, -0.1) is 23.5 Å². The van der Waals surface area contributed by atoms with Gasteiger partial charge >= 0.3 is 41.9 Å². The lowest BCUT2D eigenvalue weighted by molar-refractivity contribution is -0.157. The fourth-order valence-electron chi connectivity index (χ4n) is 25.3. The van der Waals surface area contributed by atoms with Crippen molar-refractivity contribution in [3.63, 3.8) is 0 Å². The van der Waals surface area contributed by atoms with E-state index >= 15 is 14.4 Å². The number of esters is 6. The molecule has 5 N–H and O–H groups in total. The van der Waals surface area contributed by atoms with Gasteiger partial charge in [0.1, 0.15) is 42.4 Å². The number of fused-ring (bicyclic) bond motifs is 18. The molecule has 6 aromatic rings. The number of methoxy groups -OCH3 is 4. The Morgan fingerprint density at radius 3 is 1.28 bits per heavy atom. The molecule has 0 aromatic heterocycles. The quantitative estimate of drug-likeness (QED) is 0.0106. The second-order valence-corrected chi connectivity index (χ2v) is 45.1. The third-order valence-corrected chi connectivity index (χ3v) is 35.0. The van der Waals surface area contributed by atoms with E-state index < -0.39 is 112 Å². The number of nitriles is 2. The number of nitrogens with zero attached hydrogens (tertiary/aromatic N) is 5. The number of phenols is 2. The third-order valence-electron chi connectivity index (χ3n) is 32.0. The highest BCUT2D eigenvalue weighted by Crippen LogP contribution is 2.68. The monoisotopic (exact) mass is 2090 g/mol. The number of thioether (sulfide) groups is 2. The van der Waals surface area contributed by atoms with Gasteiger partial charge in [-0.25, -0.2) is 14.4 Å². The molecule has 14 aliphatic rings. The first-order chi connectivity index (χ1) is 71.9. The fourth-order valence-corrected chi connectivity index (χ4v) is 28.7. The van der Waals surface area contributed by atoms with Crippen LogP contribution in [0.25, 0.3) is 0 Å². The molecule has 4 saturated heterocycles. The van der Waals surface area contributed by atoms with Crippen LogP contribution in [0.1, 0.15) is 352 Å². The molecule has 0 radical (unpaired) electrons. The van der Waals surface area contributed by atoms with Crippen molar-refractivity contribution in [3.05, 3.63) is 125 Å². The number of hydrogen-bond donors (Lipinski definition) is 5. The Kier molecular flexibility index (Phi) is 34.7. The van der Waals surface area contributed by atoms with E-state index in [0.29, 0.717) is 152 Å². The van der Waals surface area contributed by atoms with Gasteiger partial charge in [-0.3, -0.25) is 44.5 Å². The van der Waals surface area contributed by atoms with Gasteiger partial charge in [-0.05, 0) is 156 Å². The van der Waals surface area contributed by atoms with Crippen molar-refractivity contribution in [3.8, 4) is 92.6 Å². The summed E-state index contributed by atoms with van der Waals surface area (Å²) in [6.07, 6.45) is 32.9. The predicted octanol–water partition coefficient (Wildman–Crippen LogP) is 20.3. The Hall–Kier alpha value is -11.1. The summed E-state index contributed by atoms with van der Waals surface area (Å²) < 4.78 is 92.0. The second-order valence-electron chi connectivity index (χ2n) is 42.9. The van der Waals surface area contributed by atoms with Crippen LogP contribution in [-0.4, -0.2) is 189 Å². The lowest BCUT2D eigenvalue weighted by atomic mass is 9.71. The Morgan fingerprint density at radius 1 is 0.470 bits per heavy atom. The zero-order valence-electron chi connectivity index (χ0n) is 89.1. The number of carbonyl (C=O) groups excluding carboxylic acids is 7. The maximum Gasteiger partial charge on any atom is 0.411 e. The zero-order valence-corrected chi connectivity index (χ0v) is 90.7. The molecule has 20 rings (SSSR count). The summed E-state index contributed by atoms with van der Waals surface area (Å²) in [5.74, 6) is 0.983. The number of ether oxygens (including phenoxy) is 15. The van der Waals surface area contributed by atoms with Crippen LogP contribution in [0.15, 0.2) is 36.4 Å². The van der Waals surface area contributed by atoms with Crippen LogP contribution >= 0.6 is 23.5 Å². The molecule has 14 heterocycles. The first-order valence-corrected chi connectivity index (χ1v) is 56.1. The first-order valence-electron chi connectivity index (χ1n) is 54.0. The maximum atomic E-state index is 15.4. The standard InChI is InChI=1S/C60H78N4O13S.C55H70N4O11S/c1-10-11-12-13-14-15-16-17-18-19-20-21-22-23-45(66)76-44-28-37-24-25-62-60(39(37)29-43(44)70-8)32-78-56-48-47(55-54(73-33-74-55)35(3)53(48)75-36(4)65)42(31-72-57(60)68)63-41(30-61)40-27-38-26-34(2)52(71-9)51(67)46(38)49(50(56)63)64(40)58(69)77-59(5,6)7;1-7-8-9-10-11-12-13-14-15-16-17-18-19-20-42(61)70-41-25-34-21-22-57-55(36(34)26-40(41)64-5)29-71-53-45-44(52-51(67-30-68-52)32(3)50(45)69-33(4)60)39(28-66-54(55)63)59-38(27-56)37-24-35-23-31(2)49(65-6)48(62)43(35)46(58-37)47(53)59/h26,28-29,40-42,49-50,56,62,67H,10-25,27,31-33H2,1-9H3;23,25-26,37-39,46-47,53,57-58,62H,7-22,24,28-30H2,1-6H3/t40-,41-,42-,49+,50?,56+,60+;37-,38-,39-,46+,47?,53+,55+/m00/s1. The van der Waals surface area contributed by atoms with Gasteiger partial charge in [0.25, 0.3) is 0 Å². The molecule has 0 aliphatic carbocycles. The molecular weight excluding hydrogens is 1940 g/mol. The largest absolute Gasteiger partial charge is 0.504 e. The molecule has 804 valence electrons. The molecule has 14 aliphatic heterocycles. The second kappa shape index (κ2) is 47.4. The van der Waals surface area contributed by atoms with E-state index in [2.05, 4.69) is 46.8 Å². The number of amides is 1. The van der Waals surface area contributed by atoms with Crippen LogP contribution in [0.3, 0.4) is 0 Å². The number of benzene rings is 6. The molecule has 8 bridgehead atoms. The zero-order chi connectivity index (χ0) is 106. The van der Waals surface area contributed by atoms with Crippen molar-refractivity contribution in [1.82, 2.24) is 30.7 Å². The van der Waals surface area contributed by atoms with Crippen molar-refractivity contribution >= 4 is 65.4 Å². The lowest BCUT2D eigenvalue weighted by Crippen LogP contribution is -2.71. The number of phenolic OH excluding ortho intramolecular Hbond substituents is 2. The molecule has 4 fully saturated rings. The minimum absolute atomic E-state index is 0.00213. The molecule has 34 heteroatoms. The highest BCUT2D eigenvalue weighted by atomic mass is 32.2. The summed E-state index contributed by atoms with van der Waals surface area (Å²) in [6, 6.07) is 8.62. The lowest BCUT2D eigenvalue weighted by Gasteiger charge is -2.62. The van der Waals surface area contributed by atoms with Crippen LogP contribution in [0, 0.1) is 50.4 Å². The average molecular weight is 2090 g/mol. The number of aryl methyl sites for hydroxylation is 2. The van der Waals surface area contributed by atoms with Gasteiger partial charge in [0.15, 0.2) is 80.1 Å². The maximum absolute atomic E-state index is 15.4. The number of hydrogen-bond acceptors (Lipinski definition) is 33. The number of unbranched alkanes of at least 4 members (excludes halogenated alkanes) is 24. The van der Waals surface area contributed by atoms with Gasteiger partial charge < -0.3 is 86.6 Å². The summed E-state index contributed by atoms with van der Waals surface area (Å²) in [6.45, 7) is 19.9. The summed E-state index contributed by atoms with van der Waals surface area (Å²) in [4.78, 5) is 104. The van der Waals surface area contributed by atoms with Crippen molar-refractivity contribution in [1.29, 1.82) is 10.5 Å². The van der Waals surface area contributed by atoms with Crippen LogP contribution < -0.4 is 72.8 Å². The minimum atomic E-state index is -1.53. The summed E-state index contributed by atoms with van der Waals surface area (Å²) >= 11 is 2.84. The number of nitrogens with one attached hydrogen (secondary N) is 3. The van der Waals surface area contributed by atoms with E-state index in [1.54, 1.807) is 50.8 Å². The van der Waals surface area contributed by atoms with E-state index in [1.807, 2.05) is 43.9 Å². The highest BCUT2D eigenvalue weighted by Gasteiger charge is 2.66. The first kappa shape index (κ1) is 109. The third kappa shape index (κ3) is 21.6. The Morgan fingerprint density at radius 2 is 0.872 bits per heavy atom. The molecule has 2 unspecified atom stereocenters. The van der Waals surface area contributed by atoms with Crippen LogP contribution in [-0.2, 0) is 79.7 Å². The smallest absolute Gasteiger partial charge is 0.411 e. The number of carbonyl (C=O) groups is 7. The number of rotatable bonds is 36. The topological polar surface area (TPSA) is 392 Å². The predicted molar refractivity (Wildman–Crippen MR) is 560 cm³/mol. The van der Waals surface area contributed by atoms with Crippen molar-refractivity contribution < 1.29 is 115 Å². The molecule has 1 amide bonds. The minimum Gasteiger partial charge on any atom is -0.504 e. The van der Waals surface area contributed by atoms with Crippen LogP contribution in [0.5, 0.6) is 80.5 Å². The van der Waals surface area contributed by atoms with Gasteiger partial charge in [0.05, 0.1) is 87.3 Å². The van der Waals surface area contributed by atoms with E-state index in [0.717, 1.165) is 66.3 Å². The van der Waals surface area contributed by atoms with E-state index in [1.165, 1.54) is 188 Å². The van der Waals surface area contributed by atoms with Crippen molar-refractivity contribution in [2.75, 3.05) is 79.8 Å². The van der Waals surface area contributed by atoms with Crippen molar-refractivity contribution in [2.24, 2.45) is 0 Å². The van der Waals surface area contributed by atoms with E-state index in [-0.39, 0.29) is 104 Å². The van der Waals surface area contributed by atoms with Crippen LogP contribution in [0.4, 0.5) is 4.79 Å². The highest BCUT2D eigenvalue weighted by molar-refractivity contribution is 7.99. The number of piperazine rings is 2. The number of aromatic hydroxyl groups is 2. The Balaban J connectivity index is 0.000000204. The SMILES string of the molecule is CCCCCCCCCCCCCCCC(=O)Oc1cc2c(cc1OC)[C@@]1(CS[C@@H]3c4c(OC(C)=O)c(C)c5c(c4[C@H](COC1=O)N1C3[C@@H]3N[C@@H](Cc4cc(C)c(OC)c(O)c43)[C@@H]1C#N)OCO5)NCC2.CCCCCCCCCCCCCCCC(=O)Oc1cc2c(cc1OC)[C@@]1(CS[C@@H]3c4c(OC(C)=O)c(C)c5c(c4[C@H](COC1=O)N1C3[C@H]3c4c(cc(C)c(OC)c4O)C[C@@H]([C@@H]1C#N)N3C(=O)OC(C)(C)C)OCO5)NCC2. The summed E-state index contributed by atoms with van der Waals surface area (Å²) in [5, 5.41) is 56.8. The van der Waals surface area contributed by atoms with Gasteiger partial charge in [-0.2, -0.15) is 10.5 Å². The van der Waals surface area contributed by atoms with E-state index in [9.17, 15) is 39.9 Å². The van der Waals surface area contributed by atoms with Gasteiger partial charge in [-0.1, -0.05) is 180 Å². The van der Waals surface area contributed by atoms with Crippen molar-refractivity contribution in [2.45, 2.75) is 369 Å². The molecular formula is C115H148N8O24S2. The average Bonchev–Trinajstić information content (AvgIpc) is 1.65. The molecule has 149 heavy (non-hydrogen) atoms. The molecule has 2 spiro atoms. The summed E-state index contributed by atoms with van der Waals surface area (Å²) in [7, 11) is 6.03. The van der Waals surface area contributed by atoms with Gasteiger partial charge in [0, 0.05) is 108 Å². The molecule has 14 atom stereocenters.